The quantitative estimate of drug-likeness (QED) is 0.225. The van der Waals surface area contributed by atoms with Gasteiger partial charge in [-0.05, 0) is 62.7 Å². The molecule has 0 fully saturated rings. The Morgan fingerprint density at radius 2 is 1.00 bits per heavy atom. The van der Waals surface area contributed by atoms with Crippen LogP contribution in [-0.4, -0.2) is 23.4 Å². The molecule has 2 unspecified atom stereocenters. The SMILES string of the molecule is CC(C)(C)OC(=O)C(C([O-])(c1ccccc1)C(F)(F)F)[P+](c1ccccc1)(c1ccccc1)c1ccccc1. The average Bonchev–Trinajstić information content (AvgIpc) is 2.91. The predicted octanol–water partition coefficient (Wildman–Crippen LogP) is 5.51. The van der Waals surface area contributed by atoms with Gasteiger partial charge in [0.1, 0.15) is 28.8 Å². The number of alkyl halides is 3. The average molecular weight is 551 g/mol. The molecule has 0 aliphatic carbocycles. The third-order valence-corrected chi connectivity index (χ3v) is 11.2. The Morgan fingerprint density at radius 3 is 1.31 bits per heavy atom. The van der Waals surface area contributed by atoms with Crippen molar-refractivity contribution in [2.75, 3.05) is 0 Å². The van der Waals surface area contributed by atoms with Crippen molar-refractivity contribution < 1.29 is 27.8 Å². The molecule has 0 spiro atoms. The van der Waals surface area contributed by atoms with E-state index in [1.165, 1.54) is 18.2 Å². The summed E-state index contributed by atoms with van der Waals surface area (Å²) in [6.07, 6.45) is -5.35. The van der Waals surface area contributed by atoms with Crippen LogP contribution in [0.25, 0.3) is 0 Å². The van der Waals surface area contributed by atoms with E-state index < -0.39 is 41.8 Å². The van der Waals surface area contributed by atoms with Gasteiger partial charge in [0.15, 0.2) is 5.66 Å². The topological polar surface area (TPSA) is 49.4 Å². The van der Waals surface area contributed by atoms with Gasteiger partial charge in [-0.2, -0.15) is 13.2 Å². The first-order valence-electron chi connectivity index (χ1n) is 12.5. The van der Waals surface area contributed by atoms with Crippen LogP contribution in [0.5, 0.6) is 0 Å². The van der Waals surface area contributed by atoms with Gasteiger partial charge in [-0.15, -0.1) is 0 Å². The minimum absolute atomic E-state index is 0.471. The Balaban J connectivity index is 2.25. The summed E-state index contributed by atoms with van der Waals surface area (Å²) in [5.41, 5.74) is -7.70. The maximum atomic E-state index is 15.4. The molecular weight excluding hydrogens is 520 g/mol. The third kappa shape index (κ3) is 5.36. The second kappa shape index (κ2) is 11.0. The van der Waals surface area contributed by atoms with Crippen molar-refractivity contribution in [3.8, 4) is 0 Å². The fourth-order valence-corrected chi connectivity index (χ4v) is 9.93. The van der Waals surface area contributed by atoms with E-state index in [1.54, 1.807) is 112 Å². The van der Waals surface area contributed by atoms with Crippen molar-refractivity contribution in [3.63, 3.8) is 0 Å². The number of halogens is 3. The Kier molecular flexibility index (Phi) is 8.02. The lowest BCUT2D eigenvalue weighted by Gasteiger charge is -2.50. The first-order chi connectivity index (χ1) is 18.4. The summed E-state index contributed by atoms with van der Waals surface area (Å²) < 4.78 is 51.9. The van der Waals surface area contributed by atoms with E-state index in [9.17, 15) is 9.90 Å². The zero-order chi connectivity index (χ0) is 28.3. The second-order valence-electron chi connectivity index (χ2n) is 10.3. The monoisotopic (exact) mass is 550 g/mol. The highest BCUT2D eigenvalue weighted by Crippen LogP contribution is 2.66. The summed E-state index contributed by atoms with van der Waals surface area (Å²) in [5.74, 6) is -1.19. The van der Waals surface area contributed by atoms with Gasteiger partial charge in [-0.1, -0.05) is 84.9 Å². The summed E-state index contributed by atoms with van der Waals surface area (Å²) in [6.45, 7) is 4.74. The van der Waals surface area contributed by atoms with Crippen molar-refractivity contribution in [2.24, 2.45) is 0 Å². The van der Waals surface area contributed by atoms with Crippen LogP contribution >= 0.6 is 7.26 Å². The van der Waals surface area contributed by atoms with E-state index in [4.69, 9.17) is 4.74 Å². The number of carbonyl (C=O) groups is 1. The highest BCUT2D eigenvalue weighted by Gasteiger charge is 2.68. The number of hydrogen-bond donors (Lipinski definition) is 0. The van der Waals surface area contributed by atoms with E-state index >= 15 is 13.2 Å². The molecule has 0 saturated heterocycles. The van der Waals surface area contributed by atoms with Gasteiger partial charge in [-0.3, -0.25) is 0 Å². The van der Waals surface area contributed by atoms with Crippen LogP contribution in [0.15, 0.2) is 121 Å². The molecular formula is C32H30F3O3P. The van der Waals surface area contributed by atoms with Crippen LogP contribution in [0.3, 0.4) is 0 Å². The van der Waals surface area contributed by atoms with Crippen LogP contribution < -0.4 is 21.0 Å². The van der Waals surface area contributed by atoms with Crippen LogP contribution in [0.1, 0.15) is 26.3 Å². The number of ether oxygens (including phenoxy) is 1. The Hall–Kier alpha value is -3.47. The van der Waals surface area contributed by atoms with Gasteiger partial charge in [-0.25, -0.2) is 4.79 Å². The van der Waals surface area contributed by atoms with E-state index in [2.05, 4.69) is 0 Å². The maximum Gasteiger partial charge on any atom is 0.388 e. The van der Waals surface area contributed by atoms with Gasteiger partial charge in [0.05, 0.1) is 5.60 Å². The van der Waals surface area contributed by atoms with E-state index in [0.717, 1.165) is 12.1 Å². The number of benzene rings is 4. The predicted molar refractivity (Wildman–Crippen MR) is 149 cm³/mol. The van der Waals surface area contributed by atoms with E-state index in [-0.39, 0.29) is 0 Å². The first-order valence-corrected chi connectivity index (χ1v) is 14.4. The van der Waals surface area contributed by atoms with Gasteiger partial charge in [0, 0.05) is 0 Å². The van der Waals surface area contributed by atoms with Crippen LogP contribution in [0.4, 0.5) is 13.2 Å². The Morgan fingerprint density at radius 1 is 0.667 bits per heavy atom. The number of rotatable bonds is 7. The summed E-state index contributed by atoms with van der Waals surface area (Å²) >= 11 is 0. The number of carbonyl (C=O) groups excluding carboxylic acids is 1. The second-order valence-corrected chi connectivity index (χ2v) is 13.8. The van der Waals surface area contributed by atoms with E-state index in [0.29, 0.717) is 15.9 Å². The lowest BCUT2D eigenvalue weighted by atomic mass is 9.89. The molecule has 7 heteroatoms. The highest BCUT2D eigenvalue weighted by atomic mass is 31.2. The number of esters is 1. The van der Waals surface area contributed by atoms with Crippen LogP contribution in [-0.2, 0) is 15.1 Å². The third-order valence-electron chi connectivity index (χ3n) is 6.52. The molecule has 0 heterocycles. The minimum atomic E-state index is -5.35. The van der Waals surface area contributed by atoms with Crippen molar-refractivity contribution >= 4 is 29.1 Å². The van der Waals surface area contributed by atoms with Gasteiger partial charge in [0.2, 0.25) is 0 Å². The highest BCUT2D eigenvalue weighted by molar-refractivity contribution is 7.97. The summed E-state index contributed by atoms with van der Waals surface area (Å²) in [4.78, 5) is 14.3. The molecule has 0 aliphatic rings. The Bertz CT molecular complexity index is 1280. The molecule has 39 heavy (non-hydrogen) atoms. The standard InChI is InChI=1S/C32H30F3O3P/c1-30(2,3)38-29(36)28(31(37,32(33,34)35)24-16-8-4-9-17-24)39(25-18-10-5-11-19-25,26-20-12-6-13-21-26)27-22-14-7-15-23-27/h4-23,28H,1-3H3. The molecule has 202 valence electrons. The van der Waals surface area contributed by atoms with Crippen LogP contribution in [0, 0.1) is 0 Å². The summed E-state index contributed by atoms with van der Waals surface area (Å²) in [6, 6.07) is 32.3. The fourth-order valence-electron chi connectivity index (χ4n) is 5.00. The Labute approximate surface area is 227 Å². The van der Waals surface area contributed by atoms with Crippen molar-refractivity contribution in [2.45, 2.75) is 43.8 Å². The fraction of sp³-hybridized carbons (Fsp3) is 0.219. The van der Waals surface area contributed by atoms with E-state index in [1.807, 2.05) is 0 Å². The van der Waals surface area contributed by atoms with Crippen molar-refractivity contribution in [3.05, 3.63) is 127 Å². The molecule has 0 saturated carbocycles. The summed E-state index contributed by atoms with van der Waals surface area (Å²) in [5, 5.41) is 16.3. The summed E-state index contributed by atoms with van der Waals surface area (Å²) in [7, 11) is -3.70. The zero-order valence-corrected chi connectivity index (χ0v) is 22.8. The first kappa shape index (κ1) is 28.5. The van der Waals surface area contributed by atoms with Gasteiger partial charge in [0.25, 0.3) is 0 Å². The lowest BCUT2D eigenvalue weighted by Crippen LogP contribution is -2.67. The lowest BCUT2D eigenvalue weighted by molar-refractivity contribution is -0.548. The molecule has 0 aliphatic heterocycles. The molecule has 4 aromatic carbocycles. The normalized spacial score (nSPS) is 14.7. The molecule has 0 N–H and O–H groups in total. The molecule has 0 bridgehead atoms. The largest absolute Gasteiger partial charge is 0.836 e. The van der Waals surface area contributed by atoms with Crippen LogP contribution in [0.2, 0.25) is 0 Å². The smallest absolute Gasteiger partial charge is 0.388 e. The molecule has 0 aromatic heterocycles. The maximum absolute atomic E-state index is 15.4. The molecule has 3 nitrogen and oxygen atoms in total. The molecule has 0 amide bonds. The molecule has 4 aromatic rings. The van der Waals surface area contributed by atoms with Crippen molar-refractivity contribution in [1.29, 1.82) is 0 Å². The molecule has 2 atom stereocenters. The minimum Gasteiger partial charge on any atom is -0.836 e. The van der Waals surface area contributed by atoms with Gasteiger partial charge >= 0.3 is 12.1 Å². The van der Waals surface area contributed by atoms with Gasteiger partial charge < -0.3 is 9.84 Å². The number of hydrogen-bond acceptors (Lipinski definition) is 3. The van der Waals surface area contributed by atoms with Crippen molar-refractivity contribution in [1.82, 2.24) is 0 Å². The molecule has 4 rings (SSSR count). The zero-order valence-electron chi connectivity index (χ0n) is 21.9. The molecule has 0 radical (unpaired) electrons.